The van der Waals surface area contributed by atoms with Gasteiger partial charge in [-0.3, -0.25) is 0 Å². The van der Waals surface area contributed by atoms with Crippen molar-refractivity contribution in [3.8, 4) is 0 Å². The first-order valence-electron chi connectivity index (χ1n) is 33.1. The van der Waals surface area contributed by atoms with Gasteiger partial charge in [0.2, 0.25) is 0 Å². The summed E-state index contributed by atoms with van der Waals surface area (Å²) in [5.74, 6) is -0.280. The molecule has 0 aromatic heterocycles. The third kappa shape index (κ3) is 13.4. The van der Waals surface area contributed by atoms with Crippen LogP contribution in [0.2, 0.25) is 0 Å². The van der Waals surface area contributed by atoms with Crippen LogP contribution in [0.5, 0.6) is 0 Å². The summed E-state index contributed by atoms with van der Waals surface area (Å²) in [7, 11) is 0. The summed E-state index contributed by atoms with van der Waals surface area (Å²) in [6, 6.07) is 0. The summed E-state index contributed by atoms with van der Waals surface area (Å²) in [6.07, 6.45) is -40.3. The molecule has 532 valence electrons. The van der Waals surface area contributed by atoms with Crippen LogP contribution in [0.1, 0.15) is 98.8 Å². The Labute approximate surface area is 532 Å². The second kappa shape index (κ2) is 28.8. The second-order valence-corrected chi connectivity index (χ2v) is 29.0. The van der Waals surface area contributed by atoms with Gasteiger partial charge in [0.1, 0.15) is 128 Å². The molecule has 11 rings (SSSR count). The van der Waals surface area contributed by atoms with Crippen molar-refractivity contribution >= 4 is 0 Å². The van der Waals surface area contributed by atoms with E-state index >= 15 is 0 Å². The molecular weight excluding hydrogens is 1230 g/mol. The van der Waals surface area contributed by atoms with Gasteiger partial charge in [-0.05, 0) is 111 Å². The Balaban J connectivity index is 0.773. The Bertz CT molecular complexity index is 2390. The Morgan fingerprint density at radius 1 is 0.478 bits per heavy atom. The quantitative estimate of drug-likeness (QED) is 0.0535. The van der Waals surface area contributed by atoms with Crippen molar-refractivity contribution in [2.24, 2.45) is 52.3 Å². The van der Waals surface area contributed by atoms with Gasteiger partial charge in [0.25, 0.3) is 0 Å². The van der Waals surface area contributed by atoms with E-state index in [1.165, 1.54) is 6.92 Å². The first-order valence-corrected chi connectivity index (χ1v) is 33.1. The van der Waals surface area contributed by atoms with E-state index < -0.39 is 217 Å². The summed E-state index contributed by atoms with van der Waals surface area (Å²) in [5, 5.41) is 195. The van der Waals surface area contributed by atoms with E-state index in [4.69, 9.17) is 61.6 Å². The molecule has 40 atom stereocenters. The predicted molar refractivity (Wildman–Crippen MR) is 303 cm³/mol. The van der Waals surface area contributed by atoms with Crippen LogP contribution in [0, 0.1) is 52.3 Å². The third-order valence-corrected chi connectivity index (χ3v) is 23.5. The largest absolute Gasteiger partial charge is 0.394 e. The molecule has 0 aromatic carbocycles. The lowest BCUT2D eigenvalue weighted by Crippen LogP contribution is -2.68. The number of rotatable bonds is 19. The summed E-state index contributed by atoms with van der Waals surface area (Å²) < 4.78 is 79.3. The average Bonchev–Trinajstić information content (AvgIpc) is 1.49. The fourth-order valence-corrected chi connectivity index (χ4v) is 18.0. The van der Waals surface area contributed by atoms with Gasteiger partial charge in [0.05, 0.1) is 58.0 Å². The molecule has 0 radical (unpaired) electrons. The molecule has 0 spiro atoms. The van der Waals surface area contributed by atoms with Gasteiger partial charge in [-0.2, -0.15) is 0 Å². The molecule has 7 saturated heterocycles. The molecule has 0 bridgehead atoms. The minimum atomic E-state index is -1.96. The van der Waals surface area contributed by atoms with Crippen LogP contribution in [0.4, 0.5) is 0 Å². The zero-order valence-corrected chi connectivity index (χ0v) is 52.5. The lowest BCUT2D eigenvalue weighted by molar-refractivity contribution is -0.408. The highest BCUT2D eigenvalue weighted by molar-refractivity contribution is 5.15. The Morgan fingerprint density at radius 3 is 1.67 bits per heavy atom. The highest BCUT2D eigenvalue weighted by Crippen LogP contribution is 2.71. The molecule has 18 N–H and O–H groups in total. The monoisotopic (exact) mass is 1330 g/mol. The van der Waals surface area contributed by atoms with Crippen molar-refractivity contribution in [3.05, 3.63) is 0 Å². The third-order valence-electron chi connectivity index (χ3n) is 23.5. The molecule has 11 fully saturated rings. The smallest absolute Gasteiger partial charge is 0.187 e. The molecule has 7 aliphatic heterocycles. The van der Waals surface area contributed by atoms with E-state index in [2.05, 4.69) is 20.8 Å². The molecular formula is C61H102O31. The van der Waals surface area contributed by atoms with Crippen LogP contribution in [0.25, 0.3) is 0 Å². The lowest BCUT2D eigenvalue weighted by atomic mass is 9.44. The summed E-state index contributed by atoms with van der Waals surface area (Å²) >= 11 is 0. The van der Waals surface area contributed by atoms with E-state index in [1.807, 2.05) is 6.92 Å². The maximum atomic E-state index is 12.7. The molecule has 0 amide bonds. The molecule has 4 aliphatic carbocycles. The normalized spacial score (nSPS) is 55.9. The van der Waals surface area contributed by atoms with Gasteiger partial charge in [0.15, 0.2) is 43.5 Å². The summed E-state index contributed by atoms with van der Waals surface area (Å²) in [5.41, 5.74) is -0.208. The van der Waals surface area contributed by atoms with Crippen molar-refractivity contribution in [2.45, 2.75) is 289 Å². The number of ether oxygens (including phenoxy) is 13. The van der Waals surface area contributed by atoms with Crippen LogP contribution in [0.15, 0.2) is 0 Å². The van der Waals surface area contributed by atoms with Gasteiger partial charge in [-0.25, -0.2) is 0 Å². The lowest BCUT2D eigenvalue weighted by Gasteiger charge is -2.61. The SMILES string of the molecule is C[C@H](CC[C@@]1(O)O[C@H]2C[C@H]3[C@@H]4CC[C@H]5C[C@@H](O[C@@H]6O[C@H](CO)[C@H](O[C@@H]7O[C@H](CO)[C@@H](O)[C@H](O[C@@H]8OC[C@@H](O)[C@H](O)[C@H]8O)[C@H]7O[C@@H]7OC[C@@H](O)[C@H](O)[C@H]7O)[C@H](O)[C@H]6O[C@@H]6O[C@@H](C)[C@H](O)[C@@H](O)[C@H]6O)CC[C@]5(C)[C@H]4CC[C@]3(C)[C@H]2[C@@H]1C)CO[C@@H]1O[C@H](CO)[C@@H](O)[C@H](O)[C@H]1O. The van der Waals surface area contributed by atoms with Crippen molar-refractivity contribution in [3.63, 3.8) is 0 Å². The molecule has 0 aromatic rings. The zero-order chi connectivity index (χ0) is 66.4. The van der Waals surface area contributed by atoms with Gasteiger partial charge in [-0.1, -0.05) is 27.7 Å². The minimum absolute atomic E-state index is 0.102. The Hall–Kier alpha value is -1.24. The molecule has 4 saturated carbocycles. The maximum Gasteiger partial charge on any atom is 0.187 e. The number of fused-ring (bicyclic) bond motifs is 7. The van der Waals surface area contributed by atoms with Crippen LogP contribution < -0.4 is 0 Å². The van der Waals surface area contributed by atoms with Gasteiger partial charge >= 0.3 is 0 Å². The van der Waals surface area contributed by atoms with Gasteiger partial charge in [0, 0.05) is 12.3 Å². The van der Waals surface area contributed by atoms with E-state index in [0.29, 0.717) is 43.4 Å². The van der Waals surface area contributed by atoms with Crippen LogP contribution in [-0.4, -0.2) is 322 Å². The fourth-order valence-electron chi connectivity index (χ4n) is 18.0. The van der Waals surface area contributed by atoms with E-state index in [0.717, 1.165) is 38.5 Å². The second-order valence-electron chi connectivity index (χ2n) is 29.0. The predicted octanol–water partition coefficient (Wildman–Crippen LogP) is -6.00. The minimum Gasteiger partial charge on any atom is -0.394 e. The number of aliphatic hydroxyl groups is 18. The zero-order valence-electron chi connectivity index (χ0n) is 52.5. The highest BCUT2D eigenvalue weighted by Gasteiger charge is 2.69. The molecule has 92 heavy (non-hydrogen) atoms. The number of hydrogen-bond donors (Lipinski definition) is 18. The summed E-state index contributed by atoms with van der Waals surface area (Å²) in [4.78, 5) is 0. The van der Waals surface area contributed by atoms with Crippen LogP contribution in [0.3, 0.4) is 0 Å². The van der Waals surface area contributed by atoms with Gasteiger partial charge < -0.3 is 153 Å². The van der Waals surface area contributed by atoms with E-state index in [-0.39, 0.29) is 47.2 Å². The van der Waals surface area contributed by atoms with Crippen molar-refractivity contribution in [1.29, 1.82) is 0 Å². The Morgan fingerprint density at radius 2 is 1.02 bits per heavy atom. The molecule has 11 aliphatic rings. The fraction of sp³-hybridized carbons (Fsp3) is 1.00. The maximum absolute atomic E-state index is 12.7. The van der Waals surface area contributed by atoms with Crippen molar-refractivity contribution in [1.82, 2.24) is 0 Å². The van der Waals surface area contributed by atoms with E-state index in [1.54, 1.807) is 0 Å². The van der Waals surface area contributed by atoms with Crippen molar-refractivity contribution < 1.29 is 153 Å². The number of aliphatic hydroxyl groups excluding tert-OH is 17. The molecule has 31 nitrogen and oxygen atoms in total. The average molecular weight is 1330 g/mol. The van der Waals surface area contributed by atoms with E-state index in [9.17, 15) is 91.9 Å². The Kier molecular flexibility index (Phi) is 22.5. The standard InChI is InChI=1S/C61H102O31/c1-22(19-80-53-46(76)43(73)40(70)33(16-62)85-53)8-13-61(79)23(2)36-32(92-61)15-29-27-7-6-25-14-26(9-11-59(25,4)28(27)10-12-60(29,36)5)84-57-51(90-56-47(77)42(72)37(67)24(3)83-56)48(78)49(35(18-64)87-57)88-58-52(91-55-45(75)39(69)31(66)21-82-55)50(41(71)34(17-63)86-58)89-54-44(74)38(68)30(65)20-81-54/h22-58,62-79H,6-21H2,1-5H3/t22-,23+,24+,25+,26+,27-,28+,29+,30-,31-,32+,33-,34-,35-,36+,37+,38+,39+,40-,41-,42-,43+,44-,45-,46-,47-,48+,49+,50+,51-,52-,53-,54+,55+,56+,57-,58+,59+,60+,61-/m1/s1. The number of hydrogen-bond acceptors (Lipinski definition) is 31. The van der Waals surface area contributed by atoms with Crippen LogP contribution >= 0.6 is 0 Å². The molecule has 0 unspecified atom stereocenters. The van der Waals surface area contributed by atoms with Gasteiger partial charge in [-0.15, -0.1) is 0 Å². The van der Waals surface area contributed by atoms with Crippen LogP contribution in [-0.2, 0) is 61.6 Å². The highest BCUT2D eigenvalue weighted by atomic mass is 16.8. The molecule has 7 heterocycles. The summed E-state index contributed by atoms with van der Waals surface area (Å²) in [6.45, 7) is 6.84. The topological polar surface area (TPSA) is 484 Å². The van der Waals surface area contributed by atoms with Crippen molar-refractivity contribution in [2.75, 3.05) is 39.6 Å². The first kappa shape index (κ1) is 72.0. The molecule has 31 heteroatoms. The first-order chi connectivity index (χ1) is 43.6.